The molecule has 16 rings (SSSR count). The molecule has 0 saturated heterocycles. The van der Waals surface area contributed by atoms with Gasteiger partial charge in [-0.1, -0.05) is 225 Å². The van der Waals surface area contributed by atoms with Gasteiger partial charge in [0, 0.05) is 55.1 Å². The van der Waals surface area contributed by atoms with Gasteiger partial charge in [0.2, 0.25) is 0 Å². The number of pyridine rings is 1. The first-order chi connectivity index (χ1) is 45.6. The van der Waals surface area contributed by atoms with Crippen molar-refractivity contribution in [2.24, 2.45) is 0 Å². The van der Waals surface area contributed by atoms with Crippen LogP contribution >= 0.6 is 0 Å². The SMILES string of the molecule is [2H]c1c([2H])c([2H])c(-c2cccc3c2-c2cccc(-c4cc(C(C)(C)C)cc(C(C)(C)C)c4)c2-[n+]2[c-]n(-c4[c-]c(Oc5[c-]c6c(cc5)c5ccccc5n6-c5cc(C(C)(C)C)ccn5)ccc4)c4cc(-c5ccc6oc7ccccc7c6c5)cc(c42)-c2ccccc2-3)c([2H])c1[2H].[Pt]. The number of benzene rings is 11. The number of hydrogen-bond donors (Lipinski definition) is 0. The molecule has 1 aliphatic heterocycles. The van der Waals surface area contributed by atoms with Crippen LogP contribution in [0, 0.1) is 18.5 Å². The Kier molecular flexibility index (Phi) is 12.4. The molecule has 0 amide bonds. The summed E-state index contributed by atoms with van der Waals surface area (Å²) in [4.78, 5) is 4.93. The minimum Gasteiger partial charge on any atom is -0.510 e. The van der Waals surface area contributed by atoms with Crippen molar-refractivity contribution < 1.29 is 41.6 Å². The van der Waals surface area contributed by atoms with Gasteiger partial charge in [-0.3, -0.25) is 4.57 Å². The summed E-state index contributed by atoms with van der Waals surface area (Å²) in [5.41, 5.74) is 18.9. The zero-order chi connectivity index (χ0) is 65.7. The fourth-order valence-corrected chi connectivity index (χ4v) is 13.3. The molecule has 0 aliphatic carbocycles. The second-order valence-electron chi connectivity index (χ2n) is 26.8. The Bertz CT molecular complexity index is 5680. The van der Waals surface area contributed by atoms with Crippen LogP contribution in [0.15, 0.2) is 241 Å². The summed E-state index contributed by atoms with van der Waals surface area (Å²) in [6.45, 7) is 20.1. The van der Waals surface area contributed by atoms with Gasteiger partial charge < -0.3 is 18.3 Å². The molecule has 4 aromatic heterocycles. The van der Waals surface area contributed by atoms with Crippen LogP contribution in [0.25, 0.3) is 139 Å². The number of imidazole rings is 1. The third-order valence-corrected chi connectivity index (χ3v) is 17.9. The van der Waals surface area contributed by atoms with E-state index in [4.69, 9.17) is 18.3 Å². The summed E-state index contributed by atoms with van der Waals surface area (Å²) >= 11 is 0. The molecular formula is C84H66N4O2Pt-2. The Hall–Kier alpha value is -9.87. The van der Waals surface area contributed by atoms with E-state index in [9.17, 15) is 2.74 Å². The van der Waals surface area contributed by atoms with E-state index in [2.05, 4.69) is 234 Å². The monoisotopic (exact) mass is 1360 g/mol. The number of para-hydroxylation sites is 3. The third kappa shape index (κ3) is 9.82. The summed E-state index contributed by atoms with van der Waals surface area (Å²) in [6, 6.07) is 74.9. The number of rotatable bonds is 7. The van der Waals surface area contributed by atoms with Gasteiger partial charge in [0.05, 0.1) is 23.6 Å². The van der Waals surface area contributed by atoms with Crippen molar-refractivity contribution in [2.75, 3.05) is 0 Å². The molecule has 11 aromatic carbocycles. The molecule has 0 bridgehead atoms. The minimum absolute atomic E-state index is 0. The zero-order valence-corrected chi connectivity index (χ0v) is 54.3. The van der Waals surface area contributed by atoms with E-state index >= 15 is 0 Å². The quantitative estimate of drug-likeness (QED) is 0.118. The maximum absolute atomic E-state index is 9.59. The predicted molar refractivity (Wildman–Crippen MR) is 370 cm³/mol. The molecule has 0 fully saturated rings. The summed E-state index contributed by atoms with van der Waals surface area (Å²) in [7, 11) is 0. The second-order valence-corrected chi connectivity index (χ2v) is 26.8. The van der Waals surface area contributed by atoms with Gasteiger partial charge in [0.25, 0.3) is 6.33 Å². The molecule has 0 saturated carbocycles. The topological polar surface area (TPSA) is 49.0 Å². The summed E-state index contributed by atoms with van der Waals surface area (Å²) in [5.74, 6) is 1.76. The normalized spacial score (nSPS) is 13.1. The maximum Gasteiger partial charge on any atom is 0.268 e. The molecule has 5 heterocycles. The van der Waals surface area contributed by atoms with E-state index in [-0.39, 0.29) is 55.0 Å². The standard InChI is InChI=1S/C84H66N4O2.Pt/c1-82(2,3)56-40-41-85-78(48-56)88-73-34-17-15-28-66(73)67-38-37-61(50-74(67)88)89-60-25-19-24-59(49-60)86-51-87-80-63(55-42-57(83(4,5)6)47-58(43-55)84(7,8)9)31-21-33-70(80)79-62(52-22-11-10-12-23-52)30-20-32-69(79)64-26-13-14-27-65(64)72-45-54(46-75(86)81(72)87)53-36-39-77-71(44-53)68-29-16-18-35-76(68)90-77;/h10-48H,1-9H3;/q-2;/i10D,11D,12D,22D,23D;. The molecule has 0 N–H and O–H groups in total. The Balaban J connectivity index is 0.00000756. The van der Waals surface area contributed by atoms with Crippen molar-refractivity contribution in [3.05, 3.63) is 272 Å². The van der Waals surface area contributed by atoms with Crippen LogP contribution in [0.2, 0.25) is 0 Å². The van der Waals surface area contributed by atoms with E-state index in [0.717, 1.165) is 116 Å². The van der Waals surface area contributed by atoms with Crippen LogP contribution in [-0.2, 0) is 37.3 Å². The van der Waals surface area contributed by atoms with Gasteiger partial charge in [0.1, 0.15) is 17.0 Å². The van der Waals surface area contributed by atoms with Crippen molar-refractivity contribution in [1.29, 1.82) is 0 Å². The van der Waals surface area contributed by atoms with Gasteiger partial charge in [-0.2, -0.15) is 18.2 Å². The van der Waals surface area contributed by atoms with E-state index in [1.54, 1.807) is 0 Å². The zero-order valence-electron chi connectivity index (χ0n) is 57.1. The molecule has 0 unspecified atom stereocenters. The van der Waals surface area contributed by atoms with Crippen LogP contribution < -0.4 is 9.30 Å². The van der Waals surface area contributed by atoms with Crippen molar-refractivity contribution in [3.8, 4) is 95.5 Å². The number of nitrogens with zero attached hydrogens (tertiary/aromatic N) is 4. The smallest absolute Gasteiger partial charge is 0.268 e. The Morgan fingerprint density at radius 3 is 1.88 bits per heavy atom. The van der Waals surface area contributed by atoms with Crippen molar-refractivity contribution in [1.82, 2.24) is 14.1 Å². The van der Waals surface area contributed by atoms with E-state index < -0.39 is 18.1 Å². The van der Waals surface area contributed by atoms with Gasteiger partial charge >= 0.3 is 0 Å². The second kappa shape index (κ2) is 21.7. The molecule has 15 aromatic rings. The summed E-state index contributed by atoms with van der Waals surface area (Å²) in [6.07, 6.45) is 5.90. The number of hydrogen-bond acceptors (Lipinski definition) is 3. The predicted octanol–water partition coefficient (Wildman–Crippen LogP) is 21.7. The molecule has 1 aliphatic rings. The van der Waals surface area contributed by atoms with Gasteiger partial charge in [-0.05, 0) is 153 Å². The first kappa shape index (κ1) is 52.0. The summed E-state index contributed by atoms with van der Waals surface area (Å²) in [5, 5.41) is 4.13. The van der Waals surface area contributed by atoms with Gasteiger partial charge in [-0.25, -0.2) is 4.98 Å². The fraction of sp³-hybridized carbons (Fsp3) is 0.143. The Morgan fingerprint density at radius 2 is 1.11 bits per heavy atom. The maximum atomic E-state index is 9.59. The van der Waals surface area contributed by atoms with Gasteiger partial charge in [-0.15, -0.1) is 29.7 Å². The first-order valence-electron chi connectivity index (χ1n) is 33.3. The van der Waals surface area contributed by atoms with Crippen molar-refractivity contribution >= 4 is 54.8 Å². The average molecular weight is 1360 g/mol. The van der Waals surface area contributed by atoms with Crippen molar-refractivity contribution in [2.45, 2.75) is 78.6 Å². The molecule has 446 valence electrons. The largest absolute Gasteiger partial charge is 0.510 e. The first-order valence-corrected chi connectivity index (χ1v) is 30.8. The molecule has 91 heavy (non-hydrogen) atoms. The van der Waals surface area contributed by atoms with Crippen molar-refractivity contribution in [3.63, 3.8) is 0 Å². The van der Waals surface area contributed by atoms with Crippen LogP contribution in [0.5, 0.6) is 11.5 Å². The molecule has 7 heteroatoms. The minimum atomic E-state index is -0.453. The molecule has 0 atom stereocenters. The van der Waals surface area contributed by atoms with E-state index in [0.29, 0.717) is 28.3 Å². The molecule has 0 spiro atoms. The average Bonchev–Trinajstić information content (AvgIpc) is 1.53. The van der Waals surface area contributed by atoms with Crippen LogP contribution in [0.1, 0.15) is 85.9 Å². The molecular weight excluding hydrogens is 1290 g/mol. The number of ether oxygens (including phenoxy) is 1. The van der Waals surface area contributed by atoms with Crippen LogP contribution in [0.4, 0.5) is 0 Å². The number of fused-ring (bicyclic) bond motifs is 13. The Morgan fingerprint density at radius 1 is 0.462 bits per heavy atom. The number of furan rings is 1. The number of aromatic nitrogens is 4. The third-order valence-electron chi connectivity index (χ3n) is 17.9. The van der Waals surface area contributed by atoms with Gasteiger partial charge in [0.15, 0.2) is 0 Å². The molecule has 6 nitrogen and oxygen atoms in total. The molecule has 0 radical (unpaired) electrons. The van der Waals surface area contributed by atoms with E-state index in [1.165, 1.54) is 16.7 Å². The summed E-state index contributed by atoms with van der Waals surface area (Å²) < 4.78 is 65.9. The van der Waals surface area contributed by atoms with Crippen LogP contribution in [0.3, 0.4) is 0 Å². The Labute approximate surface area is 553 Å². The van der Waals surface area contributed by atoms with E-state index in [1.807, 2.05) is 66.9 Å². The fourth-order valence-electron chi connectivity index (χ4n) is 13.3. The van der Waals surface area contributed by atoms with Crippen LogP contribution in [-0.4, -0.2) is 14.1 Å².